The molecular formula is C9H11NO4S. The molecule has 0 aromatic heterocycles. The Balaban J connectivity index is 4.71. The van der Waals surface area contributed by atoms with Crippen LogP contribution in [0, 0.1) is 0 Å². The van der Waals surface area contributed by atoms with E-state index < -0.39 is 11.9 Å². The van der Waals surface area contributed by atoms with Gasteiger partial charge in [-0.2, -0.15) is 4.99 Å². The average Bonchev–Trinajstić information content (AvgIpc) is 2.18. The molecule has 0 aliphatic rings. The van der Waals surface area contributed by atoms with Crippen molar-refractivity contribution in [3.8, 4) is 0 Å². The molecular weight excluding hydrogens is 218 g/mol. The van der Waals surface area contributed by atoms with Crippen LogP contribution in [0.15, 0.2) is 16.8 Å². The third kappa shape index (κ3) is 5.72. The number of carbonyl (C=O) groups is 2. The monoisotopic (exact) mass is 229 g/mol. The summed E-state index contributed by atoms with van der Waals surface area (Å²) in [7, 11) is 0. The number of isothiocyanates is 1. The predicted molar refractivity (Wildman–Crippen MR) is 56.4 cm³/mol. The Bertz CT molecular complexity index is 318. The maximum absolute atomic E-state index is 11.2. The summed E-state index contributed by atoms with van der Waals surface area (Å²) in [6.45, 7) is 3.69. The number of nitrogens with zero attached hydrogens (tertiary/aromatic N) is 1. The van der Waals surface area contributed by atoms with Gasteiger partial charge in [0, 0.05) is 0 Å². The number of hydrogen-bond donors (Lipinski definition) is 0. The van der Waals surface area contributed by atoms with Crippen molar-refractivity contribution in [3.63, 3.8) is 0 Å². The van der Waals surface area contributed by atoms with Gasteiger partial charge in [-0.1, -0.05) is 0 Å². The normalized spacial score (nSPS) is 10.1. The zero-order valence-electron chi connectivity index (χ0n) is 8.48. The highest BCUT2D eigenvalue weighted by atomic mass is 32.1. The van der Waals surface area contributed by atoms with E-state index in [1.807, 2.05) is 5.16 Å². The fourth-order valence-electron chi connectivity index (χ4n) is 0.687. The first-order valence-corrected chi connectivity index (χ1v) is 4.69. The highest BCUT2D eigenvalue weighted by Crippen LogP contribution is 2.00. The van der Waals surface area contributed by atoms with E-state index in [1.165, 1.54) is 0 Å². The number of carbonyl (C=O) groups excluding carboxylic acids is 2. The van der Waals surface area contributed by atoms with Gasteiger partial charge in [-0.25, -0.2) is 9.59 Å². The molecule has 0 aromatic rings. The Morgan fingerprint density at radius 2 is 1.93 bits per heavy atom. The Labute approximate surface area is 92.8 Å². The maximum atomic E-state index is 11.2. The second-order valence-corrected chi connectivity index (χ2v) is 2.39. The van der Waals surface area contributed by atoms with Gasteiger partial charge in [-0.3, -0.25) is 0 Å². The molecule has 0 aliphatic heterocycles. The zero-order chi connectivity index (χ0) is 11.7. The summed E-state index contributed by atoms with van der Waals surface area (Å²) < 4.78 is 9.24. The van der Waals surface area contributed by atoms with Crippen LogP contribution in [0.4, 0.5) is 0 Å². The van der Waals surface area contributed by atoms with Gasteiger partial charge in [-0.05, 0) is 26.1 Å². The third-order valence-electron chi connectivity index (χ3n) is 1.19. The molecule has 0 rings (SSSR count). The van der Waals surface area contributed by atoms with Crippen LogP contribution in [-0.4, -0.2) is 30.3 Å². The first kappa shape index (κ1) is 13.5. The lowest BCUT2D eigenvalue weighted by Crippen LogP contribution is -2.09. The van der Waals surface area contributed by atoms with E-state index in [0.29, 0.717) is 0 Å². The SMILES string of the molecule is CCOC(=O)/C=C(/N=C=S)C(=O)OCC. The van der Waals surface area contributed by atoms with Crippen LogP contribution in [0.2, 0.25) is 0 Å². The molecule has 0 saturated carbocycles. The number of hydrogen-bond acceptors (Lipinski definition) is 6. The smallest absolute Gasteiger partial charge is 0.358 e. The lowest BCUT2D eigenvalue weighted by Gasteiger charge is -2.00. The van der Waals surface area contributed by atoms with E-state index in [-0.39, 0.29) is 18.9 Å². The number of thiocarbonyl (C=S) groups is 1. The van der Waals surface area contributed by atoms with Crippen molar-refractivity contribution in [2.45, 2.75) is 13.8 Å². The lowest BCUT2D eigenvalue weighted by molar-refractivity contribution is -0.141. The molecule has 0 amide bonds. The van der Waals surface area contributed by atoms with Crippen LogP contribution in [-0.2, 0) is 19.1 Å². The largest absolute Gasteiger partial charge is 0.463 e. The maximum Gasteiger partial charge on any atom is 0.358 e. The van der Waals surface area contributed by atoms with Gasteiger partial charge in [0.05, 0.1) is 24.5 Å². The van der Waals surface area contributed by atoms with Gasteiger partial charge in [0.25, 0.3) is 0 Å². The molecule has 0 atom stereocenters. The highest BCUT2D eigenvalue weighted by molar-refractivity contribution is 7.78. The molecule has 0 unspecified atom stereocenters. The summed E-state index contributed by atoms with van der Waals surface area (Å²) in [6, 6.07) is 0. The fraction of sp³-hybridized carbons (Fsp3) is 0.444. The standard InChI is InChI=1S/C9H11NO4S/c1-3-13-8(11)5-7(10-6-15)9(12)14-4-2/h5H,3-4H2,1-2H3/b7-5+. The fourth-order valence-corrected chi connectivity index (χ4v) is 0.785. The van der Waals surface area contributed by atoms with Gasteiger partial charge >= 0.3 is 11.9 Å². The minimum atomic E-state index is -0.733. The highest BCUT2D eigenvalue weighted by Gasteiger charge is 2.11. The van der Waals surface area contributed by atoms with Gasteiger partial charge < -0.3 is 9.47 Å². The molecule has 0 radical (unpaired) electrons. The van der Waals surface area contributed by atoms with Crippen molar-refractivity contribution in [2.24, 2.45) is 4.99 Å². The van der Waals surface area contributed by atoms with Crippen molar-refractivity contribution in [1.82, 2.24) is 0 Å². The van der Waals surface area contributed by atoms with E-state index in [2.05, 4.69) is 26.7 Å². The lowest BCUT2D eigenvalue weighted by atomic mass is 10.4. The van der Waals surface area contributed by atoms with Crippen LogP contribution in [0.5, 0.6) is 0 Å². The van der Waals surface area contributed by atoms with Crippen molar-refractivity contribution in [2.75, 3.05) is 13.2 Å². The average molecular weight is 229 g/mol. The molecule has 0 spiro atoms. The quantitative estimate of drug-likeness (QED) is 0.306. The summed E-state index contributed by atoms with van der Waals surface area (Å²) in [5, 5.41) is 1.99. The third-order valence-corrected chi connectivity index (χ3v) is 1.28. The molecule has 0 fully saturated rings. The van der Waals surface area contributed by atoms with E-state index in [9.17, 15) is 9.59 Å². The van der Waals surface area contributed by atoms with Crippen LogP contribution >= 0.6 is 12.2 Å². The molecule has 0 aromatic carbocycles. The van der Waals surface area contributed by atoms with E-state index in [1.54, 1.807) is 13.8 Å². The van der Waals surface area contributed by atoms with E-state index in [0.717, 1.165) is 6.08 Å². The van der Waals surface area contributed by atoms with Crippen LogP contribution in [0.1, 0.15) is 13.8 Å². The van der Waals surface area contributed by atoms with E-state index >= 15 is 0 Å². The zero-order valence-corrected chi connectivity index (χ0v) is 9.30. The molecule has 0 heterocycles. The van der Waals surface area contributed by atoms with Gasteiger partial charge in [0.2, 0.25) is 0 Å². The van der Waals surface area contributed by atoms with E-state index in [4.69, 9.17) is 0 Å². The molecule has 6 heteroatoms. The van der Waals surface area contributed by atoms with Crippen LogP contribution in [0.25, 0.3) is 0 Å². The first-order valence-electron chi connectivity index (χ1n) is 4.29. The molecule has 82 valence electrons. The summed E-state index contributed by atoms with van der Waals surface area (Å²) in [5.41, 5.74) is -0.217. The number of esters is 2. The Morgan fingerprint density at radius 1 is 1.33 bits per heavy atom. The predicted octanol–water partition coefficient (Wildman–Crippen LogP) is 1.10. The van der Waals surface area contributed by atoms with Crippen molar-refractivity contribution in [3.05, 3.63) is 11.8 Å². The Hall–Kier alpha value is -1.52. The minimum absolute atomic E-state index is 0.186. The molecule has 0 bridgehead atoms. The second kappa shape index (κ2) is 7.84. The van der Waals surface area contributed by atoms with Gasteiger partial charge in [0.15, 0.2) is 5.70 Å². The van der Waals surface area contributed by atoms with Gasteiger partial charge in [-0.15, -0.1) is 0 Å². The van der Waals surface area contributed by atoms with Crippen molar-refractivity contribution < 1.29 is 19.1 Å². The topological polar surface area (TPSA) is 65.0 Å². The summed E-state index contributed by atoms with van der Waals surface area (Å²) in [5.74, 6) is -1.41. The number of ether oxygens (including phenoxy) is 2. The molecule has 5 nitrogen and oxygen atoms in total. The molecule has 0 aliphatic carbocycles. The molecule has 15 heavy (non-hydrogen) atoms. The first-order chi connectivity index (χ1) is 7.15. The minimum Gasteiger partial charge on any atom is -0.463 e. The van der Waals surface area contributed by atoms with Crippen molar-refractivity contribution in [1.29, 1.82) is 0 Å². The summed E-state index contributed by atoms with van der Waals surface area (Å²) in [6.07, 6.45) is 0.917. The van der Waals surface area contributed by atoms with Crippen molar-refractivity contribution >= 4 is 29.3 Å². The van der Waals surface area contributed by atoms with Gasteiger partial charge in [0.1, 0.15) is 0 Å². The number of aliphatic imine (C=N–C) groups is 1. The molecule has 0 N–H and O–H groups in total. The second-order valence-electron chi connectivity index (χ2n) is 2.21. The van der Waals surface area contributed by atoms with Crippen LogP contribution < -0.4 is 0 Å². The van der Waals surface area contributed by atoms with Crippen LogP contribution in [0.3, 0.4) is 0 Å². The Morgan fingerprint density at radius 3 is 2.40 bits per heavy atom. The molecule has 0 saturated heterocycles. The Kier molecular flexibility index (Phi) is 7.05. The summed E-state index contributed by atoms with van der Waals surface area (Å²) in [4.78, 5) is 25.6. The summed E-state index contributed by atoms with van der Waals surface area (Å²) >= 11 is 4.33. The number of rotatable bonds is 5.